The van der Waals surface area contributed by atoms with Crippen molar-refractivity contribution >= 4 is 11.9 Å². The van der Waals surface area contributed by atoms with Crippen LogP contribution in [-0.2, 0) is 9.59 Å². The van der Waals surface area contributed by atoms with Gasteiger partial charge in [-0.2, -0.15) is 0 Å². The average Bonchev–Trinajstić information content (AvgIpc) is 3.03. The molecule has 1 saturated heterocycles. The van der Waals surface area contributed by atoms with Gasteiger partial charge >= 0.3 is 5.97 Å². The Morgan fingerprint density at radius 2 is 1.95 bits per heavy atom. The van der Waals surface area contributed by atoms with E-state index in [0.29, 0.717) is 19.1 Å². The van der Waals surface area contributed by atoms with Gasteiger partial charge in [0, 0.05) is 19.1 Å². The number of carboxylic acid groups (broad SMARTS) is 1. The Bertz CT molecular complexity index is 406. The Labute approximate surface area is 119 Å². The first kappa shape index (κ1) is 13.9. The predicted molar refractivity (Wildman–Crippen MR) is 74.2 cm³/mol. The van der Waals surface area contributed by atoms with Crippen LogP contribution in [0, 0.1) is 11.3 Å². The molecule has 112 valence electrons. The van der Waals surface area contributed by atoms with Gasteiger partial charge in [-0.15, -0.1) is 0 Å². The number of carbonyl (C=O) groups is 2. The lowest BCUT2D eigenvalue weighted by Gasteiger charge is -2.23. The molecule has 1 heterocycles. The number of nitrogens with one attached hydrogen (secondary N) is 1. The summed E-state index contributed by atoms with van der Waals surface area (Å²) >= 11 is 0. The molecule has 0 bridgehead atoms. The van der Waals surface area contributed by atoms with Crippen LogP contribution in [0.5, 0.6) is 0 Å². The second kappa shape index (κ2) is 5.35. The molecule has 5 heteroatoms. The van der Waals surface area contributed by atoms with E-state index in [1.165, 1.54) is 12.8 Å². The van der Waals surface area contributed by atoms with E-state index in [4.69, 9.17) is 0 Å². The molecule has 0 aromatic carbocycles. The van der Waals surface area contributed by atoms with Crippen molar-refractivity contribution in [2.24, 2.45) is 11.3 Å². The summed E-state index contributed by atoms with van der Waals surface area (Å²) in [7, 11) is 0. The molecule has 0 radical (unpaired) electrons. The highest BCUT2D eigenvalue weighted by Gasteiger charge is 2.54. The largest absolute Gasteiger partial charge is 0.481 e. The zero-order valence-electron chi connectivity index (χ0n) is 11.9. The number of likely N-dealkylation sites (tertiary alicyclic amines) is 1. The van der Waals surface area contributed by atoms with Crippen molar-refractivity contribution in [1.82, 2.24) is 10.2 Å². The molecule has 2 N–H and O–H groups in total. The van der Waals surface area contributed by atoms with Gasteiger partial charge in [0.15, 0.2) is 0 Å². The number of carbonyl (C=O) groups excluding carboxylic acids is 1. The predicted octanol–water partition coefficient (Wildman–Crippen LogP) is 1.23. The third kappa shape index (κ3) is 2.43. The van der Waals surface area contributed by atoms with Gasteiger partial charge in [0.25, 0.3) is 0 Å². The standard InChI is InChI=1S/C15H24N2O3/c18-13(16-12-5-1-2-6-12)9-17-8-11-4-3-7-15(11,10-17)14(19)20/h11-12H,1-10H2,(H,16,18)(H,19,20)/t11-,15+/m0/s1. The molecule has 0 spiro atoms. The van der Waals surface area contributed by atoms with Crippen molar-refractivity contribution in [3.63, 3.8) is 0 Å². The maximum absolute atomic E-state index is 12.0. The van der Waals surface area contributed by atoms with Crippen molar-refractivity contribution in [2.45, 2.75) is 51.0 Å². The second-order valence-corrected chi connectivity index (χ2v) is 6.77. The van der Waals surface area contributed by atoms with Gasteiger partial charge in [-0.25, -0.2) is 0 Å². The minimum Gasteiger partial charge on any atom is -0.481 e. The quantitative estimate of drug-likeness (QED) is 0.812. The monoisotopic (exact) mass is 280 g/mol. The van der Waals surface area contributed by atoms with Crippen molar-refractivity contribution in [3.05, 3.63) is 0 Å². The molecular formula is C15H24N2O3. The van der Waals surface area contributed by atoms with Crippen LogP contribution in [0.1, 0.15) is 44.9 Å². The van der Waals surface area contributed by atoms with Crippen LogP contribution in [0.2, 0.25) is 0 Å². The van der Waals surface area contributed by atoms with Crippen molar-refractivity contribution < 1.29 is 14.7 Å². The first-order valence-corrected chi connectivity index (χ1v) is 7.85. The van der Waals surface area contributed by atoms with E-state index in [9.17, 15) is 14.7 Å². The minimum absolute atomic E-state index is 0.0670. The van der Waals surface area contributed by atoms with Crippen LogP contribution in [0.3, 0.4) is 0 Å². The molecule has 1 aliphatic heterocycles. The molecule has 3 rings (SSSR count). The SMILES string of the molecule is O=C(CN1C[C@@H]2CCC[C@@]2(C(=O)O)C1)NC1CCCC1. The Kier molecular flexibility index (Phi) is 3.71. The van der Waals surface area contributed by atoms with Crippen LogP contribution in [0.15, 0.2) is 0 Å². The summed E-state index contributed by atoms with van der Waals surface area (Å²) < 4.78 is 0. The fraction of sp³-hybridized carbons (Fsp3) is 0.867. The number of hydrogen-bond acceptors (Lipinski definition) is 3. The van der Waals surface area contributed by atoms with E-state index in [0.717, 1.165) is 38.6 Å². The average molecular weight is 280 g/mol. The molecule has 2 aliphatic carbocycles. The number of carboxylic acids is 1. The molecular weight excluding hydrogens is 256 g/mol. The lowest BCUT2D eigenvalue weighted by atomic mass is 9.81. The summed E-state index contributed by atoms with van der Waals surface area (Å²) in [5.74, 6) is -0.365. The highest BCUT2D eigenvalue weighted by atomic mass is 16.4. The maximum atomic E-state index is 12.0. The van der Waals surface area contributed by atoms with Crippen LogP contribution in [0.4, 0.5) is 0 Å². The molecule has 3 aliphatic rings. The van der Waals surface area contributed by atoms with Crippen LogP contribution < -0.4 is 5.32 Å². The van der Waals surface area contributed by atoms with Crippen LogP contribution in [-0.4, -0.2) is 47.6 Å². The minimum atomic E-state index is -0.668. The zero-order valence-corrected chi connectivity index (χ0v) is 11.9. The van der Waals surface area contributed by atoms with Crippen molar-refractivity contribution in [2.75, 3.05) is 19.6 Å². The Balaban J connectivity index is 1.54. The number of nitrogens with zero attached hydrogens (tertiary/aromatic N) is 1. The highest BCUT2D eigenvalue weighted by molar-refractivity contribution is 5.79. The van der Waals surface area contributed by atoms with E-state index in [-0.39, 0.29) is 11.8 Å². The molecule has 0 aromatic rings. The van der Waals surface area contributed by atoms with E-state index < -0.39 is 11.4 Å². The van der Waals surface area contributed by atoms with Crippen molar-refractivity contribution in [3.8, 4) is 0 Å². The zero-order chi connectivity index (χ0) is 14.2. The first-order chi connectivity index (χ1) is 9.60. The maximum Gasteiger partial charge on any atom is 0.311 e. The number of fused-ring (bicyclic) bond motifs is 1. The Hall–Kier alpha value is -1.10. The highest BCUT2D eigenvalue weighted by Crippen LogP contribution is 2.48. The van der Waals surface area contributed by atoms with E-state index >= 15 is 0 Å². The topological polar surface area (TPSA) is 69.6 Å². The summed E-state index contributed by atoms with van der Waals surface area (Å²) in [4.78, 5) is 25.7. The third-order valence-corrected chi connectivity index (χ3v) is 5.45. The molecule has 0 unspecified atom stereocenters. The van der Waals surface area contributed by atoms with E-state index in [1.807, 2.05) is 4.90 Å². The summed E-state index contributed by atoms with van der Waals surface area (Å²) in [5, 5.41) is 12.6. The Morgan fingerprint density at radius 3 is 2.60 bits per heavy atom. The molecule has 0 aromatic heterocycles. The second-order valence-electron chi connectivity index (χ2n) is 6.77. The third-order valence-electron chi connectivity index (χ3n) is 5.45. The van der Waals surface area contributed by atoms with Gasteiger partial charge in [0.2, 0.25) is 5.91 Å². The van der Waals surface area contributed by atoms with Crippen molar-refractivity contribution in [1.29, 1.82) is 0 Å². The van der Waals surface area contributed by atoms with Gasteiger partial charge in [-0.3, -0.25) is 14.5 Å². The summed E-state index contributed by atoms with van der Waals surface area (Å²) in [6.07, 6.45) is 7.37. The summed E-state index contributed by atoms with van der Waals surface area (Å²) in [5.41, 5.74) is -0.576. The lowest BCUT2D eigenvalue weighted by molar-refractivity contribution is -0.149. The number of hydrogen-bond donors (Lipinski definition) is 2. The smallest absolute Gasteiger partial charge is 0.311 e. The van der Waals surface area contributed by atoms with E-state index in [2.05, 4.69) is 5.32 Å². The first-order valence-electron chi connectivity index (χ1n) is 7.85. The van der Waals surface area contributed by atoms with Gasteiger partial charge in [-0.05, 0) is 31.6 Å². The molecule has 3 fully saturated rings. The fourth-order valence-electron chi connectivity index (χ4n) is 4.41. The Morgan fingerprint density at radius 1 is 1.20 bits per heavy atom. The van der Waals surface area contributed by atoms with Gasteiger partial charge in [0.05, 0.1) is 12.0 Å². The molecule has 20 heavy (non-hydrogen) atoms. The number of aliphatic carboxylic acids is 1. The van der Waals surface area contributed by atoms with Crippen LogP contribution >= 0.6 is 0 Å². The summed E-state index contributed by atoms with van der Waals surface area (Å²) in [6.45, 7) is 1.68. The molecule has 5 nitrogen and oxygen atoms in total. The normalized spacial score (nSPS) is 34.3. The van der Waals surface area contributed by atoms with Gasteiger partial charge in [0.1, 0.15) is 0 Å². The van der Waals surface area contributed by atoms with E-state index in [1.54, 1.807) is 0 Å². The van der Waals surface area contributed by atoms with Gasteiger partial charge in [-0.1, -0.05) is 19.3 Å². The lowest BCUT2D eigenvalue weighted by Crippen LogP contribution is -2.42. The summed E-state index contributed by atoms with van der Waals surface area (Å²) in [6, 6.07) is 0.345. The molecule has 2 atom stereocenters. The fourth-order valence-corrected chi connectivity index (χ4v) is 4.41. The number of amides is 1. The molecule has 2 saturated carbocycles. The number of rotatable bonds is 4. The van der Waals surface area contributed by atoms with Crippen LogP contribution in [0.25, 0.3) is 0 Å². The molecule has 1 amide bonds. The van der Waals surface area contributed by atoms with Gasteiger partial charge < -0.3 is 10.4 Å².